The molecule has 1 rings (SSSR count). The van der Waals surface area contributed by atoms with Crippen LogP contribution in [-0.4, -0.2) is 39.5 Å². The fourth-order valence-electron chi connectivity index (χ4n) is 1.53. The first-order valence-electron chi connectivity index (χ1n) is 6.10. The van der Waals surface area contributed by atoms with Crippen molar-refractivity contribution in [2.75, 3.05) is 6.54 Å². The molecule has 0 aliphatic heterocycles. The maximum atomic E-state index is 11.9. The molecule has 110 valence electrons. The highest BCUT2D eigenvalue weighted by molar-refractivity contribution is 5.95. The monoisotopic (exact) mass is 282 g/mol. The smallest absolute Gasteiger partial charge is 0.264 e. The van der Waals surface area contributed by atoms with Gasteiger partial charge in [0, 0.05) is 5.92 Å². The summed E-state index contributed by atoms with van der Waals surface area (Å²) in [5.41, 5.74) is 4.42. The maximum Gasteiger partial charge on any atom is 0.264 e. The van der Waals surface area contributed by atoms with Crippen LogP contribution >= 0.6 is 0 Å². The fourth-order valence-corrected chi connectivity index (χ4v) is 1.53. The highest BCUT2D eigenvalue weighted by atomic mass is 16.3. The van der Waals surface area contributed by atoms with Crippen LogP contribution in [0.15, 0.2) is 4.79 Å². The summed E-state index contributed by atoms with van der Waals surface area (Å²) in [6.07, 6.45) is -1.50. The molecular weight excluding hydrogens is 264 g/mol. The van der Waals surface area contributed by atoms with Crippen LogP contribution in [-0.2, 0) is 4.79 Å². The second-order valence-corrected chi connectivity index (χ2v) is 4.69. The number of carbonyl (C=O) groups excluding carboxylic acids is 2. The van der Waals surface area contributed by atoms with E-state index in [2.05, 4.69) is 15.3 Å². The Labute approximate surface area is 115 Å². The largest absolute Gasteiger partial charge is 0.381 e. The van der Waals surface area contributed by atoms with E-state index in [1.54, 1.807) is 6.92 Å². The molecule has 5 N–H and O–H groups in total. The molecule has 0 spiro atoms. The van der Waals surface area contributed by atoms with Gasteiger partial charge in [0.25, 0.3) is 11.5 Å². The summed E-state index contributed by atoms with van der Waals surface area (Å²) >= 11 is 0. The van der Waals surface area contributed by atoms with Crippen LogP contribution in [0.2, 0.25) is 0 Å². The minimum absolute atomic E-state index is 0.0233. The molecule has 0 fully saturated rings. The van der Waals surface area contributed by atoms with Gasteiger partial charge in [-0.25, -0.2) is 4.98 Å². The predicted octanol–water partition coefficient (Wildman–Crippen LogP) is -1.22. The van der Waals surface area contributed by atoms with E-state index in [0.29, 0.717) is 5.82 Å². The van der Waals surface area contributed by atoms with Crippen molar-refractivity contribution in [3.05, 3.63) is 27.4 Å². The van der Waals surface area contributed by atoms with Crippen LogP contribution in [0.4, 0.5) is 0 Å². The highest BCUT2D eigenvalue weighted by Crippen LogP contribution is 2.08. The summed E-state index contributed by atoms with van der Waals surface area (Å²) in [7, 11) is 0. The lowest BCUT2D eigenvalue weighted by Gasteiger charge is -2.11. The van der Waals surface area contributed by atoms with Crippen molar-refractivity contribution in [3.8, 4) is 0 Å². The Hall–Kier alpha value is -2.22. The minimum atomic E-state index is -1.50. The van der Waals surface area contributed by atoms with E-state index in [-0.39, 0.29) is 23.7 Å². The molecule has 8 nitrogen and oxygen atoms in total. The summed E-state index contributed by atoms with van der Waals surface area (Å²) < 4.78 is 0. The van der Waals surface area contributed by atoms with Crippen molar-refractivity contribution in [2.24, 2.45) is 5.73 Å². The quantitative estimate of drug-likeness (QED) is 0.536. The minimum Gasteiger partial charge on any atom is -0.381 e. The maximum absolute atomic E-state index is 11.9. The average Bonchev–Trinajstić information content (AvgIpc) is 2.34. The number of aromatic amines is 1. The standard InChI is InChI=1S/C12H18N4O4/c1-5(2)10-15-6(3)8(12(20)16-10)11(19)14-4-7(17)9(13)18/h5,7,17H,4H2,1-3H3,(H2,13,18)(H,14,19)(H,15,16,20). The van der Waals surface area contributed by atoms with Gasteiger partial charge in [0.2, 0.25) is 5.91 Å². The zero-order valence-electron chi connectivity index (χ0n) is 11.6. The molecule has 0 radical (unpaired) electrons. The molecule has 0 saturated heterocycles. The molecule has 1 atom stereocenters. The molecule has 1 heterocycles. The molecule has 0 bridgehead atoms. The first-order chi connectivity index (χ1) is 9.23. The van der Waals surface area contributed by atoms with Crippen LogP contribution < -0.4 is 16.6 Å². The lowest BCUT2D eigenvalue weighted by Crippen LogP contribution is -2.41. The molecule has 0 aliphatic rings. The van der Waals surface area contributed by atoms with Crippen molar-refractivity contribution in [3.63, 3.8) is 0 Å². The number of nitrogens with zero attached hydrogens (tertiary/aromatic N) is 1. The molecular formula is C12H18N4O4. The lowest BCUT2D eigenvalue weighted by molar-refractivity contribution is -0.125. The van der Waals surface area contributed by atoms with Gasteiger partial charge in [0.15, 0.2) is 0 Å². The van der Waals surface area contributed by atoms with Gasteiger partial charge in [-0.3, -0.25) is 14.4 Å². The number of aliphatic hydroxyl groups excluding tert-OH is 1. The molecule has 0 saturated carbocycles. The Morgan fingerprint density at radius 1 is 1.45 bits per heavy atom. The Morgan fingerprint density at radius 2 is 2.05 bits per heavy atom. The number of aliphatic hydroxyl groups is 1. The number of H-pyrrole nitrogens is 1. The van der Waals surface area contributed by atoms with Gasteiger partial charge in [0.1, 0.15) is 17.5 Å². The summed E-state index contributed by atoms with van der Waals surface area (Å²) in [6.45, 7) is 4.90. The molecule has 8 heteroatoms. The molecule has 2 amide bonds. The Kier molecular flexibility index (Phi) is 4.98. The number of nitrogens with one attached hydrogen (secondary N) is 2. The molecule has 1 unspecified atom stereocenters. The van der Waals surface area contributed by atoms with Gasteiger partial charge < -0.3 is 21.1 Å². The fraction of sp³-hybridized carbons (Fsp3) is 0.500. The third-order valence-corrected chi connectivity index (χ3v) is 2.68. The number of rotatable bonds is 5. The van der Waals surface area contributed by atoms with E-state index in [1.807, 2.05) is 13.8 Å². The SMILES string of the molecule is Cc1nc(C(C)C)[nH]c(=O)c1C(=O)NCC(O)C(N)=O. The second kappa shape index (κ2) is 6.29. The number of hydrogen-bond acceptors (Lipinski definition) is 5. The first kappa shape index (κ1) is 15.8. The van der Waals surface area contributed by atoms with Crippen LogP contribution in [0.3, 0.4) is 0 Å². The first-order valence-corrected chi connectivity index (χ1v) is 6.10. The van der Waals surface area contributed by atoms with E-state index < -0.39 is 23.5 Å². The van der Waals surface area contributed by atoms with E-state index in [0.717, 1.165) is 0 Å². The lowest BCUT2D eigenvalue weighted by atomic mass is 10.1. The number of carbonyl (C=O) groups is 2. The van der Waals surface area contributed by atoms with Gasteiger partial charge in [0.05, 0.1) is 12.2 Å². The second-order valence-electron chi connectivity index (χ2n) is 4.69. The van der Waals surface area contributed by atoms with Gasteiger partial charge >= 0.3 is 0 Å². The predicted molar refractivity (Wildman–Crippen MR) is 71.2 cm³/mol. The third-order valence-electron chi connectivity index (χ3n) is 2.68. The molecule has 0 aromatic carbocycles. The zero-order chi connectivity index (χ0) is 15.4. The molecule has 1 aromatic rings. The Morgan fingerprint density at radius 3 is 2.50 bits per heavy atom. The summed E-state index contributed by atoms with van der Waals surface area (Å²) in [5.74, 6) is -1.16. The third kappa shape index (κ3) is 3.64. The summed E-state index contributed by atoms with van der Waals surface area (Å²) in [4.78, 5) is 41.0. The van der Waals surface area contributed by atoms with E-state index in [4.69, 9.17) is 5.73 Å². The van der Waals surface area contributed by atoms with Gasteiger partial charge in [-0.1, -0.05) is 13.8 Å². The normalized spacial score (nSPS) is 12.2. The van der Waals surface area contributed by atoms with Crippen molar-refractivity contribution in [1.82, 2.24) is 15.3 Å². The van der Waals surface area contributed by atoms with Crippen molar-refractivity contribution in [2.45, 2.75) is 32.8 Å². The Bertz CT molecular complexity index is 579. The Balaban J connectivity index is 2.94. The topological polar surface area (TPSA) is 138 Å². The average molecular weight is 282 g/mol. The van der Waals surface area contributed by atoms with Gasteiger partial charge in [-0.15, -0.1) is 0 Å². The van der Waals surface area contributed by atoms with Crippen LogP contribution in [0.25, 0.3) is 0 Å². The van der Waals surface area contributed by atoms with Gasteiger partial charge in [-0.05, 0) is 6.92 Å². The summed E-state index contributed by atoms with van der Waals surface area (Å²) in [6, 6.07) is 0. The number of nitrogens with two attached hydrogens (primary N) is 1. The molecule has 1 aromatic heterocycles. The molecule has 20 heavy (non-hydrogen) atoms. The number of hydrogen-bond donors (Lipinski definition) is 4. The highest BCUT2D eigenvalue weighted by Gasteiger charge is 2.19. The van der Waals surface area contributed by atoms with Crippen LogP contribution in [0, 0.1) is 6.92 Å². The van der Waals surface area contributed by atoms with Crippen molar-refractivity contribution < 1.29 is 14.7 Å². The van der Waals surface area contributed by atoms with Crippen molar-refractivity contribution >= 4 is 11.8 Å². The number of amides is 2. The summed E-state index contributed by atoms with van der Waals surface area (Å²) in [5, 5.41) is 11.4. The van der Waals surface area contributed by atoms with Crippen molar-refractivity contribution in [1.29, 1.82) is 0 Å². The van der Waals surface area contributed by atoms with E-state index >= 15 is 0 Å². The van der Waals surface area contributed by atoms with Crippen LogP contribution in [0.5, 0.6) is 0 Å². The number of primary amides is 1. The van der Waals surface area contributed by atoms with Crippen LogP contribution in [0.1, 0.15) is 41.6 Å². The van der Waals surface area contributed by atoms with E-state index in [1.165, 1.54) is 0 Å². The zero-order valence-corrected chi connectivity index (χ0v) is 11.6. The number of aromatic nitrogens is 2. The van der Waals surface area contributed by atoms with Gasteiger partial charge in [-0.2, -0.15) is 0 Å². The van der Waals surface area contributed by atoms with E-state index in [9.17, 15) is 19.5 Å². The molecule has 0 aliphatic carbocycles. The number of aryl methyl sites for hydroxylation is 1.